The van der Waals surface area contributed by atoms with Crippen molar-refractivity contribution in [1.82, 2.24) is 34.3 Å². The lowest BCUT2D eigenvalue weighted by atomic mass is 9.92. The molecule has 0 aliphatic carbocycles. The smallest absolute Gasteiger partial charge is 0.245 e. The monoisotopic (exact) mass is 451 g/mol. The number of oxazole rings is 1. The van der Waals surface area contributed by atoms with Gasteiger partial charge in [0.05, 0.1) is 30.2 Å². The van der Waals surface area contributed by atoms with Gasteiger partial charge in [-0.25, -0.2) is 15.0 Å². The molecule has 0 radical (unpaired) electrons. The number of hydrogen-bond acceptors (Lipinski definition) is 9. The van der Waals surface area contributed by atoms with Gasteiger partial charge in [0.1, 0.15) is 12.0 Å². The van der Waals surface area contributed by atoms with Gasteiger partial charge in [-0.05, 0) is 40.5 Å². The molecule has 0 saturated carbocycles. The van der Waals surface area contributed by atoms with Crippen LogP contribution in [0.5, 0.6) is 0 Å². The van der Waals surface area contributed by atoms with E-state index in [1.54, 1.807) is 29.2 Å². The SMILES string of the molecule is Cc1c(-c2ncco2)nc(N)n2nc([C@H]3CC[C@@H](C)N(c4cnn(CC(C)(C)O)c4)C3)nc12. The van der Waals surface area contributed by atoms with E-state index in [1.165, 1.54) is 6.26 Å². The number of hydrogen-bond donors (Lipinski definition) is 2. The van der Waals surface area contributed by atoms with Crippen LogP contribution in [0.15, 0.2) is 29.3 Å². The molecule has 1 fully saturated rings. The molecule has 2 atom stereocenters. The molecule has 1 saturated heterocycles. The predicted octanol–water partition coefficient (Wildman–Crippen LogP) is 2.41. The van der Waals surface area contributed by atoms with Crippen LogP contribution in [-0.4, -0.2) is 57.6 Å². The number of fused-ring (bicyclic) bond motifs is 1. The van der Waals surface area contributed by atoms with Gasteiger partial charge in [-0.15, -0.1) is 5.10 Å². The van der Waals surface area contributed by atoms with E-state index >= 15 is 0 Å². The molecule has 0 unspecified atom stereocenters. The normalized spacial score (nSPS) is 19.5. The highest BCUT2D eigenvalue weighted by Crippen LogP contribution is 2.33. The number of nitrogens with zero attached hydrogens (tertiary/aromatic N) is 8. The maximum atomic E-state index is 10.1. The van der Waals surface area contributed by atoms with Crippen LogP contribution < -0.4 is 10.6 Å². The molecule has 0 amide bonds. The first-order chi connectivity index (χ1) is 15.7. The van der Waals surface area contributed by atoms with E-state index in [9.17, 15) is 5.11 Å². The Hall–Kier alpha value is -3.47. The minimum absolute atomic E-state index is 0.141. The van der Waals surface area contributed by atoms with Gasteiger partial charge in [0, 0.05) is 30.3 Å². The van der Waals surface area contributed by atoms with E-state index in [1.807, 2.05) is 19.3 Å². The molecule has 1 aliphatic heterocycles. The maximum absolute atomic E-state index is 10.1. The first-order valence-corrected chi connectivity index (χ1v) is 11.1. The van der Waals surface area contributed by atoms with Gasteiger partial charge >= 0.3 is 0 Å². The molecular weight excluding hydrogens is 422 g/mol. The molecule has 0 bridgehead atoms. The van der Waals surface area contributed by atoms with Crippen LogP contribution >= 0.6 is 0 Å². The van der Waals surface area contributed by atoms with Crippen molar-refractivity contribution in [3.63, 3.8) is 0 Å². The van der Waals surface area contributed by atoms with E-state index in [2.05, 4.69) is 26.9 Å². The average Bonchev–Trinajstić information content (AvgIpc) is 3.50. The Morgan fingerprint density at radius 3 is 2.82 bits per heavy atom. The topological polar surface area (TPSA) is 136 Å². The highest BCUT2D eigenvalue weighted by molar-refractivity contribution is 5.65. The van der Waals surface area contributed by atoms with Crippen molar-refractivity contribution in [2.45, 2.75) is 64.6 Å². The number of aliphatic hydroxyl groups is 1. The summed E-state index contributed by atoms with van der Waals surface area (Å²) >= 11 is 0. The van der Waals surface area contributed by atoms with Crippen LogP contribution in [0.3, 0.4) is 0 Å². The standard InChI is InChI=1S/C22H29N9O2/c1-13-5-6-15(10-30(13)16-9-25-29(11-16)12-22(3,4)32)18-27-19-14(2)17(20-24-7-8-33-20)26-21(23)31(19)28-18/h7-9,11,13,15,32H,5-6,10,12H2,1-4H3,(H2,23,26)/t13-,15+/m1/s1. The van der Waals surface area contributed by atoms with Gasteiger partial charge < -0.3 is 20.2 Å². The lowest BCUT2D eigenvalue weighted by Gasteiger charge is -2.37. The van der Waals surface area contributed by atoms with Crippen molar-refractivity contribution in [2.75, 3.05) is 17.2 Å². The largest absolute Gasteiger partial charge is 0.443 e. The van der Waals surface area contributed by atoms with Crippen molar-refractivity contribution in [3.05, 3.63) is 36.2 Å². The van der Waals surface area contributed by atoms with Gasteiger partial charge in [-0.1, -0.05) is 0 Å². The maximum Gasteiger partial charge on any atom is 0.245 e. The molecule has 11 nitrogen and oxygen atoms in total. The van der Waals surface area contributed by atoms with E-state index < -0.39 is 5.60 Å². The van der Waals surface area contributed by atoms with Crippen LogP contribution in [0, 0.1) is 6.92 Å². The minimum atomic E-state index is -0.824. The zero-order valence-corrected chi connectivity index (χ0v) is 19.3. The Balaban J connectivity index is 1.44. The number of nitrogen functional groups attached to an aromatic ring is 1. The number of rotatable bonds is 5. The lowest BCUT2D eigenvalue weighted by Crippen LogP contribution is -2.41. The van der Waals surface area contributed by atoms with Gasteiger partial charge in [0.2, 0.25) is 11.8 Å². The van der Waals surface area contributed by atoms with Crippen LogP contribution in [0.4, 0.5) is 11.6 Å². The average molecular weight is 452 g/mol. The van der Waals surface area contributed by atoms with E-state index in [4.69, 9.17) is 20.2 Å². The third kappa shape index (κ3) is 4.04. The summed E-state index contributed by atoms with van der Waals surface area (Å²) in [5.74, 6) is 1.54. The molecule has 3 N–H and O–H groups in total. The molecule has 0 spiro atoms. The third-order valence-electron chi connectivity index (χ3n) is 6.14. The van der Waals surface area contributed by atoms with Crippen molar-refractivity contribution in [3.8, 4) is 11.6 Å². The third-order valence-corrected chi connectivity index (χ3v) is 6.14. The number of anilines is 2. The summed E-state index contributed by atoms with van der Waals surface area (Å²) in [6.07, 6.45) is 8.91. The number of nitrogens with two attached hydrogens (primary N) is 1. The second-order valence-electron chi connectivity index (χ2n) is 9.47. The predicted molar refractivity (Wildman–Crippen MR) is 123 cm³/mol. The molecule has 33 heavy (non-hydrogen) atoms. The summed E-state index contributed by atoms with van der Waals surface area (Å²) in [5, 5.41) is 19.3. The summed E-state index contributed by atoms with van der Waals surface area (Å²) in [7, 11) is 0. The van der Waals surface area contributed by atoms with Crippen LogP contribution in [-0.2, 0) is 6.54 Å². The van der Waals surface area contributed by atoms with Crippen LogP contribution in [0.1, 0.15) is 50.9 Å². The molecule has 5 rings (SSSR count). The summed E-state index contributed by atoms with van der Waals surface area (Å²) in [6.45, 7) is 8.90. The number of aryl methyl sites for hydroxylation is 1. The molecule has 1 aliphatic rings. The molecule has 0 aromatic carbocycles. The Morgan fingerprint density at radius 2 is 2.09 bits per heavy atom. The first kappa shape index (κ1) is 21.4. The van der Waals surface area contributed by atoms with E-state index in [0.29, 0.717) is 29.8 Å². The van der Waals surface area contributed by atoms with Crippen molar-refractivity contribution >= 4 is 17.3 Å². The number of aromatic nitrogens is 7. The van der Waals surface area contributed by atoms with Crippen LogP contribution in [0.25, 0.3) is 17.2 Å². The highest BCUT2D eigenvalue weighted by atomic mass is 16.3. The van der Waals surface area contributed by atoms with E-state index in [0.717, 1.165) is 36.5 Å². The fraction of sp³-hybridized carbons (Fsp3) is 0.500. The summed E-state index contributed by atoms with van der Waals surface area (Å²) < 4.78 is 8.80. The highest BCUT2D eigenvalue weighted by Gasteiger charge is 2.31. The van der Waals surface area contributed by atoms with E-state index in [-0.39, 0.29) is 11.9 Å². The van der Waals surface area contributed by atoms with Gasteiger partial charge in [0.25, 0.3) is 0 Å². The lowest BCUT2D eigenvalue weighted by molar-refractivity contribution is 0.0577. The molecular formula is C22H29N9O2. The molecule has 4 aromatic heterocycles. The Bertz CT molecular complexity index is 1270. The van der Waals surface area contributed by atoms with Crippen molar-refractivity contribution < 1.29 is 9.52 Å². The Kier molecular flexibility index (Phi) is 5.08. The van der Waals surface area contributed by atoms with Crippen LogP contribution in [0.2, 0.25) is 0 Å². The Morgan fingerprint density at radius 1 is 1.27 bits per heavy atom. The molecule has 5 heterocycles. The van der Waals surface area contributed by atoms with Gasteiger partial charge in [0.15, 0.2) is 11.5 Å². The molecule has 11 heteroatoms. The quantitative estimate of drug-likeness (QED) is 0.468. The second kappa shape index (κ2) is 7.84. The zero-order chi connectivity index (χ0) is 23.3. The summed E-state index contributed by atoms with van der Waals surface area (Å²) in [5.41, 5.74) is 8.47. The summed E-state index contributed by atoms with van der Waals surface area (Å²) in [4.78, 5) is 15.8. The number of piperidine rings is 1. The van der Waals surface area contributed by atoms with Gasteiger partial charge in [-0.2, -0.15) is 9.61 Å². The Labute approximate surface area is 191 Å². The van der Waals surface area contributed by atoms with Crippen molar-refractivity contribution in [2.24, 2.45) is 0 Å². The first-order valence-electron chi connectivity index (χ1n) is 11.1. The summed E-state index contributed by atoms with van der Waals surface area (Å²) in [6, 6.07) is 0.364. The van der Waals surface area contributed by atoms with Gasteiger partial charge in [-0.3, -0.25) is 4.68 Å². The minimum Gasteiger partial charge on any atom is -0.443 e. The second-order valence-corrected chi connectivity index (χ2v) is 9.47. The molecule has 4 aromatic rings. The molecule has 174 valence electrons. The van der Waals surface area contributed by atoms with Crippen molar-refractivity contribution in [1.29, 1.82) is 0 Å². The zero-order valence-electron chi connectivity index (χ0n) is 19.3. The fourth-order valence-corrected chi connectivity index (χ4v) is 4.47. The fourth-order valence-electron chi connectivity index (χ4n) is 4.47.